The van der Waals surface area contributed by atoms with E-state index in [0.717, 1.165) is 0 Å². The molecular formula is C54H96O16Si2. The molecule has 18 heteroatoms. The Morgan fingerprint density at radius 1 is 0.750 bits per heavy atom. The average molecular weight is 1060 g/mol. The van der Waals surface area contributed by atoms with Crippen molar-refractivity contribution in [2.75, 3.05) is 26.4 Å². The molecule has 3 heterocycles. The van der Waals surface area contributed by atoms with Gasteiger partial charge < -0.3 is 53.0 Å². The summed E-state index contributed by atoms with van der Waals surface area (Å²) in [5, 5.41) is 41.8. The molecule has 0 aromatic rings. The van der Waals surface area contributed by atoms with Crippen molar-refractivity contribution in [2.24, 2.45) is 35.5 Å². The fourth-order valence-electron chi connectivity index (χ4n) is 9.12. The molecular weight excluding hydrogens is 961 g/mol. The first-order valence-corrected chi connectivity index (χ1v) is 31.9. The summed E-state index contributed by atoms with van der Waals surface area (Å²) >= 11 is 0. The summed E-state index contributed by atoms with van der Waals surface area (Å²) in [5.41, 5.74) is -1.63. The van der Waals surface area contributed by atoms with Gasteiger partial charge in [0.05, 0.1) is 73.5 Å². The Hall–Kier alpha value is -2.50. The molecule has 0 saturated carbocycles. The lowest BCUT2D eigenvalue weighted by Gasteiger charge is -2.44. The number of aliphatic hydroxyl groups excluding tert-OH is 3. The van der Waals surface area contributed by atoms with Crippen LogP contribution < -0.4 is 0 Å². The van der Waals surface area contributed by atoms with Crippen molar-refractivity contribution in [1.82, 2.24) is 0 Å². The molecule has 0 bridgehead atoms. The Morgan fingerprint density at radius 3 is 1.51 bits per heavy atom. The summed E-state index contributed by atoms with van der Waals surface area (Å²) in [6.07, 6.45) is 3.90. The molecule has 416 valence electrons. The lowest BCUT2D eigenvalue weighted by molar-refractivity contribution is -0.258. The SMILES string of the molecule is C/C=C\[C@H](C)[C@H]1O[C@]1(C)[C@@H](O[Si](C)(C)C(C)(C)C)[C@@H](COC(C)=O)C(=O)[C@@H]1COC(O)(CC)C[C@@H]1O.C/C=C\[C@H](C)[C@H]1O[C@]1(C)[C@@H](O[Si](C)(C)C(C)(C)C)[C@@H](COC(C)=O)C(=O)[C@H](CO)[C@@H](O)CC(=O)CC. The van der Waals surface area contributed by atoms with Gasteiger partial charge in [0.1, 0.15) is 41.8 Å². The Morgan fingerprint density at radius 2 is 1.17 bits per heavy atom. The van der Waals surface area contributed by atoms with Crippen LogP contribution in [0.2, 0.25) is 36.3 Å². The van der Waals surface area contributed by atoms with Crippen molar-refractivity contribution < 1.29 is 76.9 Å². The minimum atomic E-state index is -2.46. The van der Waals surface area contributed by atoms with E-state index < -0.39 is 106 Å². The summed E-state index contributed by atoms with van der Waals surface area (Å²) in [4.78, 5) is 63.5. The summed E-state index contributed by atoms with van der Waals surface area (Å²) in [6.45, 7) is 37.6. The van der Waals surface area contributed by atoms with E-state index in [0.29, 0.717) is 6.42 Å². The summed E-state index contributed by atoms with van der Waals surface area (Å²) < 4.78 is 42.5. The van der Waals surface area contributed by atoms with E-state index in [1.165, 1.54) is 13.8 Å². The number of hydrogen-bond donors (Lipinski definition) is 4. The third-order valence-electron chi connectivity index (χ3n) is 16.0. The van der Waals surface area contributed by atoms with Crippen molar-refractivity contribution in [1.29, 1.82) is 0 Å². The van der Waals surface area contributed by atoms with E-state index in [9.17, 15) is 44.4 Å². The van der Waals surface area contributed by atoms with Crippen LogP contribution in [0.25, 0.3) is 0 Å². The predicted molar refractivity (Wildman–Crippen MR) is 281 cm³/mol. The van der Waals surface area contributed by atoms with E-state index in [2.05, 4.69) is 80.7 Å². The van der Waals surface area contributed by atoms with Crippen LogP contribution in [-0.4, -0.2) is 146 Å². The summed E-state index contributed by atoms with van der Waals surface area (Å²) in [5.74, 6) is -7.36. The van der Waals surface area contributed by atoms with Crippen LogP contribution in [0, 0.1) is 35.5 Å². The monoisotopic (exact) mass is 1060 g/mol. The smallest absolute Gasteiger partial charge is 0.302 e. The topological polar surface area (TPSA) is 237 Å². The van der Waals surface area contributed by atoms with Gasteiger partial charge in [0.2, 0.25) is 0 Å². The molecule has 72 heavy (non-hydrogen) atoms. The number of carbonyl (C=O) groups is 5. The second-order valence-electron chi connectivity index (χ2n) is 23.9. The quantitative estimate of drug-likeness (QED) is 0.0280. The van der Waals surface area contributed by atoms with E-state index >= 15 is 0 Å². The maximum Gasteiger partial charge on any atom is 0.302 e. The maximum absolute atomic E-state index is 14.0. The van der Waals surface area contributed by atoms with Crippen LogP contribution in [0.5, 0.6) is 0 Å². The maximum atomic E-state index is 14.0. The molecule has 0 aromatic heterocycles. The highest BCUT2D eigenvalue weighted by atomic mass is 28.4. The molecule has 3 aliphatic heterocycles. The van der Waals surface area contributed by atoms with E-state index in [1.54, 1.807) is 13.8 Å². The lowest BCUT2D eigenvalue weighted by Crippen LogP contribution is -2.57. The van der Waals surface area contributed by atoms with Gasteiger partial charge in [-0.15, -0.1) is 0 Å². The minimum absolute atomic E-state index is 0.0522. The lowest BCUT2D eigenvalue weighted by atomic mass is 9.78. The number of carbonyl (C=O) groups excluding carboxylic acids is 5. The van der Waals surface area contributed by atoms with E-state index in [1.807, 2.05) is 52.8 Å². The van der Waals surface area contributed by atoms with Gasteiger partial charge in [-0.3, -0.25) is 24.0 Å². The standard InChI is InChI=1S/2C27H48O8Si/c1-11-13-17(3)23-26(8,34-23)24(35-36(9,10)25(5,6)7)20(15-32-18(4)28)22(30)19-16-33-27(31,12-2)14-21(19)29;1-11-13-17(3)24-27(8,34-24)25(35-36(9,10)26(5,6)7)21(16-33-18(4)29)23(32)20(15-28)22(31)14-19(30)12-2/h11,13,17,19-21,23-24,29,31H,12,14-16H2,1-10H3;11,13,17,20-22,24-25,28,31H,12,14-16H2,1-10H3/b2*13-11-/t17-,19+,20-,21-,23+,24-,26-,27?;17-,20+,21-,22-,24+,25-,27-/m00/s1. The van der Waals surface area contributed by atoms with Crippen molar-refractivity contribution in [3.8, 4) is 0 Å². The summed E-state index contributed by atoms with van der Waals surface area (Å²) in [7, 11) is -4.86. The molecule has 0 amide bonds. The molecule has 3 aliphatic rings. The highest BCUT2D eigenvalue weighted by Crippen LogP contribution is 2.53. The fraction of sp³-hybridized carbons (Fsp3) is 0.833. The van der Waals surface area contributed by atoms with Gasteiger partial charge in [-0.25, -0.2) is 0 Å². The van der Waals surface area contributed by atoms with Gasteiger partial charge in [-0.2, -0.15) is 0 Å². The highest BCUT2D eigenvalue weighted by molar-refractivity contribution is 6.74. The number of ether oxygens (including phenoxy) is 5. The molecule has 16 nitrogen and oxygen atoms in total. The third kappa shape index (κ3) is 16.8. The Bertz CT molecular complexity index is 1890. The number of allylic oxidation sites excluding steroid dienone is 2. The van der Waals surface area contributed by atoms with Crippen molar-refractivity contribution in [2.45, 2.75) is 226 Å². The number of epoxide rings is 2. The van der Waals surface area contributed by atoms with Gasteiger partial charge in [0, 0.05) is 44.9 Å². The van der Waals surface area contributed by atoms with Gasteiger partial charge >= 0.3 is 11.9 Å². The largest absolute Gasteiger partial charge is 0.465 e. The van der Waals surface area contributed by atoms with Crippen LogP contribution in [-0.2, 0) is 56.5 Å². The number of Topliss-reactive ketones (excluding diaryl/α,β-unsaturated/α-hetero) is 3. The number of esters is 2. The van der Waals surface area contributed by atoms with E-state index in [-0.39, 0.29) is 84.8 Å². The zero-order chi connectivity index (χ0) is 55.7. The first-order chi connectivity index (χ1) is 32.9. The van der Waals surface area contributed by atoms with Crippen LogP contribution in [0.15, 0.2) is 24.3 Å². The molecule has 0 radical (unpaired) electrons. The van der Waals surface area contributed by atoms with Crippen molar-refractivity contribution in [3.63, 3.8) is 0 Å². The number of rotatable bonds is 26. The van der Waals surface area contributed by atoms with Gasteiger partial charge in [-0.1, -0.05) is 93.5 Å². The minimum Gasteiger partial charge on any atom is -0.465 e. The molecule has 3 fully saturated rings. The van der Waals surface area contributed by atoms with Crippen molar-refractivity contribution >= 4 is 45.9 Å². The van der Waals surface area contributed by atoms with Crippen LogP contribution >= 0.6 is 0 Å². The van der Waals surface area contributed by atoms with E-state index in [4.69, 9.17) is 32.5 Å². The van der Waals surface area contributed by atoms with Crippen LogP contribution in [0.1, 0.15) is 136 Å². The van der Waals surface area contributed by atoms with Gasteiger partial charge in [-0.05, 0) is 70.4 Å². The molecule has 0 spiro atoms. The average Bonchev–Trinajstić information content (AvgIpc) is 4.16. The third-order valence-corrected chi connectivity index (χ3v) is 24.9. The second-order valence-corrected chi connectivity index (χ2v) is 33.4. The van der Waals surface area contributed by atoms with Gasteiger partial charge in [0.15, 0.2) is 22.4 Å². The van der Waals surface area contributed by atoms with Crippen LogP contribution in [0.4, 0.5) is 0 Å². The second kappa shape index (κ2) is 26.0. The molecule has 1 unspecified atom stereocenters. The zero-order valence-corrected chi connectivity index (χ0v) is 49.6. The highest BCUT2D eigenvalue weighted by Gasteiger charge is 2.66. The zero-order valence-electron chi connectivity index (χ0n) is 47.6. The first-order valence-electron chi connectivity index (χ1n) is 26.0. The Kier molecular flexibility index (Phi) is 23.7. The number of hydrogen-bond acceptors (Lipinski definition) is 16. The number of aliphatic hydroxyl groups is 4. The first kappa shape index (κ1) is 65.6. The normalized spacial score (nSPS) is 29.2. The molecule has 15 atom stereocenters. The Balaban J connectivity index is 0.000000493. The molecule has 3 rings (SSSR count). The molecule has 0 aromatic carbocycles. The molecule has 3 saturated heterocycles. The van der Waals surface area contributed by atoms with Gasteiger partial charge in [0.25, 0.3) is 0 Å². The van der Waals surface area contributed by atoms with Crippen LogP contribution in [0.3, 0.4) is 0 Å². The molecule has 0 aliphatic carbocycles. The fourth-order valence-corrected chi connectivity index (χ4v) is 11.9. The molecule has 4 N–H and O–H groups in total. The van der Waals surface area contributed by atoms with Crippen molar-refractivity contribution in [3.05, 3.63) is 24.3 Å². The summed E-state index contributed by atoms with van der Waals surface area (Å²) in [6, 6.07) is 0. The number of ketones is 3. The predicted octanol–water partition coefficient (Wildman–Crippen LogP) is 7.82. The Labute approximate surface area is 433 Å².